The average Bonchev–Trinajstić information content (AvgIpc) is 2.46. The molecule has 1 aromatic heterocycles. The molecule has 0 radical (unpaired) electrons. The second-order valence-corrected chi connectivity index (χ2v) is 4.76. The molecule has 1 unspecified atom stereocenters. The van der Waals surface area contributed by atoms with Gasteiger partial charge in [0.25, 0.3) is 0 Å². The molecule has 0 saturated carbocycles. The van der Waals surface area contributed by atoms with Crippen LogP contribution in [0, 0.1) is 0 Å². The summed E-state index contributed by atoms with van der Waals surface area (Å²) in [7, 11) is 0. The average molecular weight is 270 g/mol. The third-order valence-electron chi connectivity index (χ3n) is 3.10. The second-order valence-electron chi connectivity index (χ2n) is 4.35. The first-order valence-corrected chi connectivity index (χ1v) is 6.42. The van der Waals surface area contributed by atoms with Crippen LogP contribution in [0.25, 0.3) is 10.9 Å². The second kappa shape index (κ2) is 5.00. The topological polar surface area (TPSA) is 33.1 Å². The predicted molar refractivity (Wildman–Crippen MR) is 77.3 cm³/mol. The van der Waals surface area contributed by atoms with Crippen LogP contribution < -0.4 is 0 Å². The molecule has 0 aliphatic carbocycles. The van der Waals surface area contributed by atoms with Crippen molar-refractivity contribution in [2.75, 3.05) is 0 Å². The quantitative estimate of drug-likeness (QED) is 0.764. The van der Waals surface area contributed by atoms with Gasteiger partial charge in [-0.15, -0.1) is 0 Å². The van der Waals surface area contributed by atoms with Crippen molar-refractivity contribution in [1.82, 2.24) is 4.98 Å². The molecule has 0 saturated heterocycles. The van der Waals surface area contributed by atoms with E-state index in [1.807, 2.05) is 54.6 Å². The number of pyridine rings is 1. The van der Waals surface area contributed by atoms with Crippen molar-refractivity contribution in [2.24, 2.45) is 0 Å². The van der Waals surface area contributed by atoms with Crippen molar-refractivity contribution in [3.63, 3.8) is 0 Å². The van der Waals surface area contributed by atoms with Crippen molar-refractivity contribution in [3.05, 3.63) is 76.9 Å². The van der Waals surface area contributed by atoms with Crippen molar-refractivity contribution in [2.45, 2.75) is 6.10 Å². The van der Waals surface area contributed by atoms with E-state index >= 15 is 0 Å². The zero-order valence-electron chi connectivity index (χ0n) is 10.1. The molecule has 3 rings (SSSR count). The van der Waals surface area contributed by atoms with Crippen LogP contribution in [0.4, 0.5) is 0 Å². The zero-order valence-corrected chi connectivity index (χ0v) is 10.9. The van der Waals surface area contributed by atoms with E-state index in [0.717, 1.165) is 10.9 Å². The molecule has 1 atom stereocenters. The summed E-state index contributed by atoms with van der Waals surface area (Å²) in [5.41, 5.74) is 2.14. The number of hydrogen-bond acceptors (Lipinski definition) is 2. The minimum absolute atomic E-state index is 0.546. The van der Waals surface area contributed by atoms with Crippen LogP contribution in [0.2, 0.25) is 5.02 Å². The van der Waals surface area contributed by atoms with Gasteiger partial charge < -0.3 is 5.11 Å². The molecule has 0 aliphatic rings. The van der Waals surface area contributed by atoms with Crippen LogP contribution in [0.3, 0.4) is 0 Å². The molecule has 2 aromatic carbocycles. The molecular weight excluding hydrogens is 258 g/mol. The first kappa shape index (κ1) is 12.2. The van der Waals surface area contributed by atoms with Gasteiger partial charge in [-0.3, -0.25) is 0 Å². The molecule has 94 valence electrons. The summed E-state index contributed by atoms with van der Waals surface area (Å²) in [6.45, 7) is 0. The monoisotopic (exact) mass is 269 g/mol. The molecule has 3 aromatic rings. The number of halogens is 1. The molecule has 1 heterocycles. The number of para-hydroxylation sites is 1. The van der Waals surface area contributed by atoms with Gasteiger partial charge in [-0.25, -0.2) is 4.98 Å². The smallest absolute Gasteiger partial charge is 0.122 e. The molecule has 1 N–H and O–H groups in total. The largest absolute Gasteiger partial charge is 0.382 e. The van der Waals surface area contributed by atoms with E-state index in [4.69, 9.17) is 11.6 Å². The first-order valence-electron chi connectivity index (χ1n) is 6.04. The van der Waals surface area contributed by atoms with Crippen molar-refractivity contribution >= 4 is 22.5 Å². The van der Waals surface area contributed by atoms with Crippen LogP contribution >= 0.6 is 11.6 Å². The molecular formula is C16H12ClNO. The van der Waals surface area contributed by atoms with Gasteiger partial charge in [-0.05, 0) is 18.2 Å². The molecule has 0 amide bonds. The standard InChI is InChI=1S/C16H12ClNO/c17-13-7-3-2-6-12(13)16(19)15-10-9-11-5-1-4-8-14(11)18-15/h1-10,16,19H. The summed E-state index contributed by atoms with van der Waals surface area (Å²) >= 11 is 6.10. The highest BCUT2D eigenvalue weighted by Crippen LogP contribution is 2.27. The van der Waals surface area contributed by atoms with Gasteiger partial charge in [0.1, 0.15) is 6.10 Å². The summed E-state index contributed by atoms with van der Waals surface area (Å²) in [6.07, 6.45) is -0.807. The lowest BCUT2D eigenvalue weighted by molar-refractivity contribution is 0.216. The fourth-order valence-corrected chi connectivity index (χ4v) is 2.33. The van der Waals surface area contributed by atoms with E-state index in [1.54, 1.807) is 6.07 Å². The zero-order chi connectivity index (χ0) is 13.2. The molecule has 2 nitrogen and oxygen atoms in total. The molecule has 0 aliphatic heterocycles. The lowest BCUT2D eigenvalue weighted by atomic mass is 10.1. The van der Waals surface area contributed by atoms with E-state index < -0.39 is 6.10 Å². The summed E-state index contributed by atoms with van der Waals surface area (Å²) in [5, 5.41) is 12.0. The molecule has 19 heavy (non-hydrogen) atoms. The number of nitrogens with zero attached hydrogens (tertiary/aromatic N) is 1. The molecule has 0 bridgehead atoms. The van der Waals surface area contributed by atoms with Gasteiger partial charge in [0.05, 0.1) is 11.2 Å². The number of rotatable bonds is 2. The maximum Gasteiger partial charge on any atom is 0.122 e. The van der Waals surface area contributed by atoms with Crippen molar-refractivity contribution in [3.8, 4) is 0 Å². The maximum atomic E-state index is 10.4. The Bertz CT molecular complexity index is 727. The van der Waals surface area contributed by atoms with Crippen LogP contribution in [0.5, 0.6) is 0 Å². The minimum Gasteiger partial charge on any atom is -0.382 e. The van der Waals surface area contributed by atoms with Crippen molar-refractivity contribution in [1.29, 1.82) is 0 Å². The van der Waals surface area contributed by atoms with Crippen LogP contribution in [0.15, 0.2) is 60.7 Å². The summed E-state index contributed by atoms with van der Waals surface area (Å²) in [5.74, 6) is 0. The fraction of sp³-hybridized carbons (Fsp3) is 0.0625. The first-order chi connectivity index (χ1) is 9.25. The van der Waals surface area contributed by atoms with E-state index in [-0.39, 0.29) is 0 Å². The number of aliphatic hydroxyl groups excluding tert-OH is 1. The van der Waals surface area contributed by atoms with Gasteiger partial charge in [0.2, 0.25) is 0 Å². The number of aliphatic hydroxyl groups is 1. The Morgan fingerprint density at radius 3 is 2.47 bits per heavy atom. The number of aromatic nitrogens is 1. The normalized spacial score (nSPS) is 12.5. The lowest BCUT2D eigenvalue weighted by Crippen LogP contribution is -2.03. The SMILES string of the molecule is OC(c1ccc2ccccc2n1)c1ccccc1Cl. The Kier molecular flexibility index (Phi) is 3.20. The molecule has 0 fully saturated rings. The van der Waals surface area contributed by atoms with Crippen molar-refractivity contribution < 1.29 is 5.11 Å². The predicted octanol–water partition coefficient (Wildman–Crippen LogP) is 3.97. The van der Waals surface area contributed by atoms with E-state index in [2.05, 4.69) is 4.98 Å². The highest BCUT2D eigenvalue weighted by molar-refractivity contribution is 6.31. The van der Waals surface area contributed by atoms with Crippen LogP contribution in [-0.2, 0) is 0 Å². The van der Waals surface area contributed by atoms with Gasteiger partial charge in [0, 0.05) is 16.0 Å². The Morgan fingerprint density at radius 2 is 1.63 bits per heavy atom. The lowest BCUT2D eigenvalue weighted by Gasteiger charge is -2.12. The third kappa shape index (κ3) is 2.33. The van der Waals surface area contributed by atoms with Gasteiger partial charge in [-0.2, -0.15) is 0 Å². The summed E-state index contributed by atoms with van der Waals surface area (Å²) in [4.78, 5) is 4.48. The maximum absolute atomic E-state index is 10.4. The number of fused-ring (bicyclic) bond motifs is 1. The highest BCUT2D eigenvalue weighted by Gasteiger charge is 2.14. The highest BCUT2D eigenvalue weighted by atomic mass is 35.5. The fourth-order valence-electron chi connectivity index (χ4n) is 2.09. The van der Waals surface area contributed by atoms with Gasteiger partial charge >= 0.3 is 0 Å². The Balaban J connectivity index is 2.07. The molecule has 3 heteroatoms. The minimum atomic E-state index is -0.807. The molecule has 0 spiro atoms. The van der Waals surface area contributed by atoms with Gasteiger partial charge in [-0.1, -0.05) is 54.1 Å². The number of hydrogen-bond donors (Lipinski definition) is 1. The van der Waals surface area contributed by atoms with Crippen LogP contribution in [-0.4, -0.2) is 10.1 Å². The van der Waals surface area contributed by atoms with E-state index in [9.17, 15) is 5.11 Å². The number of benzene rings is 2. The summed E-state index contributed by atoms with van der Waals surface area (Å²) < 4.78 is 0. The van der Waals surface area contributed by atoms with Crippen LogP contribution in [0.1, 0.15) is 17.4 Å². The Hall–Kier alpha value is -1.90. The Morgan fingerprint density at radius 1 is 0.895 bits per heavy atom. The Labute approximate surface area is 116 Å². The van der Waals surface area contributed by atoms with E-state index in [1.165, 1.54) is 0 Å². The van der Waals surface area contributed by atoms with E-state index in [0.29, 0.717) is 16.3 Å². The third-order valence-corrected chi connectivity index (χ3v) is 3.44. The summed E-state index contributed by atoms with van der Waals surface area (Å²) in [6, 6.07) is 18.9. The van der Waals surface area contributed by atoms with Gasteiger partial charge in [0.15, 0.2) is 0 Å².